The number of nitrogens with zero attached hydrogens (tertiary/aromatic N) is 2. The molecule has 0 saturated carbocycles. The Hall–Kier alpha value is -2.89. The number of ether oxygens (including phenoxy) is 1. The van der Waals surface area contributed by atoms with E-state index in [4.69, 9.17) is 14.3 Å². The third-order valence-corrected chi connectivity index (χ3v) is 6.52. The van der Waals surface area contributed by atoms with Crippen molar-refractivity contribution in [3.8, 4) is 0 Å². The van der Waals surface area contributed by atoms with Crippen molar-refractivity contribution in [2.24, 2.45) is 0 Å². The second-order valence-corrected chi connectivity index (χ2v) is 10.00. The summed E-state index contributed by atoms with van der Waals surface area (Å²) in [7, 11) is 4.95. The smallest absolute Gasteiger partial charge is 0.322 e. The number of carbonyl (C=O) groups excluding carboxylic acids is 1. The van der Waals surface area contributed by atoms with Crippen LogP contribution in [0.3, 0.4) is 0 Å². The van der Waals surface area contributed by atoms with Gasteiger partial charge in [0.1, 0.15) is 31.1 Å². The summed E-state index contributed by atoms with van der Waals surface area (Å²) in [4.78, 5) is 33.0. The second kappa shape index (κ2) is 13.6. The number of carboxylic acids is 1. The summed E-state index contributed by atoms with van der Waals surface area (Å²) in [5, 5.41) is 58.1. The van der Waals surface area contributed by atoms with Crippen molar-refractivity contribution in [3.05, 3.63) is 45.8 Å². The van der Waals surface area contributed by atoms with E-state index in [2.05, 4.69) is 16.0 Å². The number of likely N-dealkylation sites (N-methyl/N-ethyl adjacent to an activating group) is 1. The van der Waals surface area contributed by atoms with Crippen LogP contribution in [0, 0.1) is 10.1 Å². The molecule has 1 fully saturated rings. The summed E-state index contributed by atoms with van der Waals surface area (Å²) < 4.78 is 11.5. The minimum absolute atomic E-state index is 0.0761. The standard InChI is InChI=1S/C21H33N5O10S/c1-22-14(9-25(33)34)23-6-7-37-11-13-5-4-12(35-13)10-26(2,3)21-18(31)16(29)17(30)19(36-21)20(32)24-8-15(27)28/h4-5,9,16-19,21-23,29-31H,6-8,10-11H2,1-3H3,(H-,24,27,28,32)/p+1. The third kappa shape index (κ3) is 8.87. The highest BCUT2D eigenvalue weighted by Crippen LogP contribution is 2.29. The van der Waals surface area contributed by atoms with E-state index >= 15 is 0 Å². The van der Waals surface area contributed by atoms with Crippen LogP contribution in [0.25, 0.3) is 0 Å². The molecular weight excluding hydrogens is 514 g/mol. The fourth-order valence-electron chi connectivity index (χ4n) is 3.73. The number of nitrogens with one attached hydrogen (secondary N) is 3. The van der Waals surface area contributed by atoms with Gasteiger partial charge in [-0.15, -0.1) is 0 Å². The molecule has 1 aromatic heterocycles. The predicted octanol–water partition coefficient (Wildman–Crippen LogP) is -2.02. The van der Waals surface area contributed by atoms with E-state index in [0.29, 0.717) is 35.4 Å². The lowest BCUT2D eigenvalue weighted by Gasteiger charge is -2.46. The molecule has 0 aromatic carbocycles. The fraction of sp³-hybridized carbons (Fsp3) is 0.619. The van der Waals surface area contributed by atoms with Gasteiger partial charge in [0.05, 0.1) is 24.8 Å². The average molecular weight is 549 g/mol. The first-order valence-electron chi connectivity index (χ1n) is 11.3. The molecule has 0 bridgehead atoms. The molecular formula is C21H34N5O10S+. The molecule has 2 heterocycles. The van der Waals surface area contributed by atoms with Crippen LogP contribution in [0.2, 0.25) is 0 Å². The maximum absolute atomic E-state index is 12.3. The van der Waals surface area contributed by atoms with E-state index in [1.807, 2.05) is 0 Å². The van der Waals surface area contributed by atoms with Gasteiger partial charge < -0.3 is 45.5 Å². The van der Waals surface area contributed by atoms with Crippen molar-refractivity contribution in [1.29, 1.82) is 0 Å². The normalized spacial score (nSPS) is 24.4. The molecule has 16 heteroatoms. The first-order chi connectivity index (χ1) is 17.4. The lowest BCUT2D eigenvalue weighted by molar-refractivity contribution is -0.957. The van der Waals surface area contributed by atoms with Crippen molar-refractivity contribution in [1.82, 2.24) is 16.0 Å². The number of amides is 1. The highest BCUT2D eigenvalue weighted by molar-refractivity contribution is 7.98. The molecule has 0 spiro atoms. The number of aliphatic hydroxyl groups is 3. The van der Waals surface area contributed by atoms with Gasteiger partial charge in [-0.25, -0.2) is 0 Å². The molecule has 7 N–H and O–H groups in total. The Morgan fingerprint density at radius 3 is 2.46 bits per heavy atom. The first kappa shape index (κ1) is 30.3. The Labute approximate surface area is 217 Å². The van der Waals surface area contributed by atoms with Crippen LogP contribution in [0.5, 0.6) is 0 Å². The highest BCUT2D eigenvalue weighted by Gasteiger charge is 2.52. The molecule has 1 aliphatic rings. The number of hydrogen-bond acceptors (Lipinski definition) is 12. The van der Waals surface area contributed by atoms with E-state index in [1.54, 1.807) is 45.0 Å². The zero-order valence-corrected chi connectivity index (χ0v) is 21.5. The van der Waals surface area contributed by atoms with Gasteiger partial charge in [-0.3, -0.25) is 24.2 Å². The van der Waals surface area contributed by atoms with Gasteiger partial charge in [-0.2, -0.15) is 11.8 Å². The Balaban J connectivity index is 1.94. The van der Waals surface area contributed by atoms with Crippen molar-refractivity contribution in [2.45, 2.75) is 42.9 Å². The number of carboxylic acid groups (broad SMARTS) is 1. The Kier molecular flexibility index (Phi) is 11.1. The topological polar surface area (TPSA) is 217 Å². The number of quaternary nitrogens is 1. The maximum atomic E-state index is 12.3. The number of nitro groups is 1. The van der Waals surface area contributed by atoms with Gasteiger partial charge in [-0.1, -0.05) is 0 Å². The molecule has 15 nitrogen and oxygen atoms in total. The van der Waals surface area contributed by atoms with Crippen LogP contribution in [0.1, 0.15) is 11.5 Å². The minimum Gasteiger partial charge on any atom is -0.480 e. The van der Waals surface area contributed by atoms with E-state index < -0.39 is 54.0 Å². The van der Waals surface area contributed by atoms with Gasteiger partial charge in [0, 0.05) is 19.3 Å². The summed E-state index contributed by atoms with van der Waals surface area (Å²) in [6, 6.07) is 3.55. The molecule has 1 aromatic rings. The number of aliphatic carboxylic acids is 1. The van der Waals surface area contributed by atoms with Gasteiger partial charge >= 0.3 is 5.97 Å². The van der Waals surface area contributed by atoms with Crippen LogP contribution >= 0.6 is 11.8 Å². The number of hydrogen-bond donors (Lipinski definition) is 7. The summed E-state index contributed by atoms with van der Waals surface area (Å²) in [6.07, 6.45) is -6.85. The summed E-state index contributed by atoms with van der Waals surface area (Å²) in [6.45, 7) is 0.00880. The SMILES string of the molecule is CNC(=C[N+](=O)[O-])NCCSCc1ccc(C[N+](C)(C)C2OC(C(=O)NCC(=O)O)C(O)C(O)C2O)o1. The van der Waals surface area contributed by atoms with Crippen LogP contribution in [-0.4, -0.2) is 112 Å². The number of thioether (sulfide) groups is 1. The minimum atomic E-state index is -1.75. The summed E-state index contributed by atoms with van der Waals surface area (Å²) in [5.41, 5.74) is 0. The van der Waals surface area contributed by atoms with Crippen LogP contribution in [-0.2, 0) is 26.6 Å². The lowest BCUT2D eigenvalue weighted by Crippen LogP contribution is -2.68. The molecule has 37 heavy (non-hydrogen) atoms. The second-order valence-electron chi connectivity index (χ2n) is 8.89. The predicted molar refractivity (Wildman–Crippen MR) is 130 cm³/mol. The van der Waals surface area contributed by atoms with Gasteiger partial charge in [0.25, 0.3) is 12.1 Å². The summed E-state index contributed by atoms with van der Waals surface area (Å²) in [5.74, 6) is 0.522. The number of furan rings is 1. The van der Waals surface area contributed by atoms with Gasteiger partial charge in [0.2, 0.25) is 6.23 Å². The monoisotopic (exact) mass is 548 g/mol. The van der Waals surface area contributed by atoms with Gasteiger partial charge in [0.15, 0.2) is 23.8 Å². The molecule has 5 atom stereocenters. The highest BCUT2D eigenvalue weighted by atomic mass is 32.2. The molecule has 1 amide bonds. The number of rotatable bonds is 14. The van der Waals surface area contributed by atoms with Crippen molar-refractivity contribution >= 4 is 23.6 Å². The Morgan fingerprint density at radius 1 is 1.16 bits per heavy atom. The van der Waals surface area contributed by atoms with Crippen molar-refractivity contribution in [2.75, 3.05) is 40.0 Å². The fourth-order valence-corrected chi connectivity index (χ4v) is 4.48. The first-order valence-corrected chi connectivity index (χ1v) is 12.4. The quantitative estimate of drug-likeness (QED) is 0.0579. The summed E-state index contributed by atoms with van der Waals surface area (Å²) >= 11 is 1.55. The average Bonchev–Trinajstić information content (AvgIpc) is 3.25. The molecule has 2 rings (SSSR count). The largest absolute Gasteiger partial charge is 0.480 e. The molecule has 5 unspecified atom stereocenters. The van der Waals surface area contributed by atoms with Crippen LogP contribution in [0.4, 0.5) is 0 Å². The van der Waals surface area contributed by atoms with Crippen LogP contribution < -0.4 is 16.0 Å². The zero-order chi connectivity index (χ0) is 27.8. The van der Waals surface area contributed by atoms with Gasteiger partial charge in [-0.05, 0) is 12.1 Å². The Bertz CT molecular complexity index is 971. The molecule has 1 aliphatic heterocycles. The number of aliphatic hydroxyl groups excluding tert-OH is 3. The van der Waals surface area contributed by atoms with Crippen molar-refractivity contribution < 1.29 is 48.6 Å². The zero-order valence-electron chi connectivity index (χ0n) is 20.7. The molecule has 0 aliphatic carbocycles. The molecule has 208 valence electrons. The van der Waals surface area contributed by atoms with E-state index in [1.165, 1.54) is 0 Å². The lowest BCUT2D eigenvalue weighted by atomic mass is 9.96. The van der Waals surface area contributed by atoms with E-state index in [9.17, 15) is 35.0 Å². The van der Waals surface area contributed by atoms with E-state index in [0.717, 1.165) is 6.20 Å². The number of carbonyl (C=O) groups is 2. The molecule has 1 saturated heterocycles. The van der Waals surface area contributed by atoms with Crippen LogP contribution in [0.15, 0.2) is 28.6 Å². The maximum Gasteiger partial charge on any atom is 0.322 e. The third-order valence-electron chi connectivity index (χ3n) is 5.54. The van der Waals surface area contributed by atoms with E-state index in [-0.39, 0.29) is 11.0 Å². The van der Waals surface area contributed by atoms with Crippen molar-refractivity contribution in [3.63, 3.8) is 0 Å². The Morgan fingerprint density at radius 2 is 1.84 bits per heavy atom. The molecule has 0 radical (unpaired) electrons.